The number of hydrogen-bond acceptors (Lipinski definition) is 2. The first-order valence-electron chi connectivity index (χ1n) is 6.49. The van der Waals surface area contributed by atoms with Crippen molar-refractivity contribution in [1.82, 2.24) is 0 Å². The zero-order valence-electron chi connectivity index (χ0n) is 11.1. The van der Waals surface area contributed by atoms with Crippen LogP contribution < -0.4 is 10.5 Å². The molecule has 0 atom stereocenters. The largest absolute Gasteiger partial charge is 0.487 e. The molecule has 3 rings (SSSR count). The fourth-order valence-electron chi connectivity index (χ4n) is 2.29. The van der Waals surface area contributed by atoms with Crippen molar-refractivity contribution in [2.24, 2.45) is 0 Å². The molecule has 3 aromatic rings. The molecule has 0 heterocycles. The first-order chi connectivity index (χ1) is 10.1. The highest BCUT2D eigenvalue weighted by atomic mass is 79.9. The standard InChI is InChI=1S/C17H13Br2NO/c18-15-8-13(20)9-16(19)17(15)21-10-12-6-3-5-11-4-1-2-7-14(11)12/h1-9H,10,20H2. The van der Waals surface area contributed by atoms with Gasteiger partial charge in [0.2, 0.25) is 0 Å². The van der Waals surface area contributed by atoms with Gasteiger partial charge in [-0.3, -0.25) is 0 Å². The molecule has 3 aromatic carbocycles. The second-order valence-electron chi connectivity index (χ2n) is 4.74. The van der Waals surface area contributed by atoms with Crippen molar-refractivity contribution in [3.63, 3.8) is 0 Å². The summed E-state index contributed by atoms with van der Waals surface area (Å²) in [7, 11) is 0. The summed E-state index contributed by atoms with van der Waals surface area (Å²) in [5.74, 6) is 0.761. The fraction of sp³-hybridized carbons (Fsp3) is 0.0588. The summed E-state index contributed by atoms with van der Waals surface area (Å²) in [5, 5.41) is 2.43. The predicted molar refractivity (Wildman–Crippen MR) is 94.5 cm³/mol. The van der Waals surface area contributed by atoms with Gasteiger partial charge in [0.1, 0.15) is 12.4 Å². The van der Waals surface area contributed by atoms with Crippen LogP contribution in [0.4, 0.5) is 5.69 Å². The van der Waals surface area contributed by atoms with E-state index in [1.165, 1.54) is 10.8 Å². The number of hydrogen-bond donors (Lipinski definition) is 1. The van der Waals surface area contributed by atoms with E-state index in [9.17, 15) is 0 Å². The Labute approximate surface area is 140 Å². The van der Waals surface area contributed by atoms with Crippen LogP contribution in [-0.2, 0) is 6.61 Å². The van der Waals surface area contributed by atoms with Crippen LogP contribution in [0.25, 0.3) is 10.8 Å². The van der Waals surface area contributed by atoms with Crippen molar-refractivity contribution in [3.8, 4) is 5.75 Å². The van der Waals surface area contributed by atoms with Crippen LogP contribution in [0.1, 0.15) is 5.56 Å². The van der Waals surface area contributed by atoms with E-state index in [0.29, 0.717) is 12.3 Å². The Kier molecular flexibility index (Phi) is 4.17. The number of nitrogens with two attached hydrogens (primary N) is 1. The molecule has 0 radical (unpaired) electrons. The van der Waals surface area contributed by atoms with E-state index in [-0.39, 0.29) is 0 Å². The second-order valence-corrected chi connectivity index (χ2v) is 6.45. The number of rotatable bonds is 3. The molecule has 0 saturated carbocycles. The molecule has 2 nitrogen and oxygen atoms in total. The third-order valence-electron chi connectivity index (χ3n) is 3.27. The van der Waals surface area contributed by atoms with Gasteiger partial charge in [-0.25, -0.2) is 0 Å². The van der Waals surface area contributed by atoms with Gasteiger partial charge in [-0.05, 0) is 60.3 Å². The number of fused-ring (bicyclic) bond motifs is 1. The maximum absolute atomic E-state index is 5.97. The molecule has 2 N–H and O–H groups in total. The van der Waals surface area contributed by atoms with Gasteiger partial charge in [-0.1, -0.05) is 42.5 Å². The molecule has 4 heteroatoms. The molecule has 0 spiro atoms. The monoisotopic (exact) mass is 405 g/mol. The fourth-order valence-corrected chi connectivity index (χ4v) is 3.74. The molecule has 0 unspecified atom stereocenters. The summed E-state index contributed by atoms with van der Waals surface area (Å²) >= 11 is 6.97. The SMILES string of the molecule is Nc1cc(Br)c(OCc2cccc3ccccc23)c(Br)c1. The van der Waals surface area contributed by atoms with Crippen molar-refractivity contribution >= 4 is 48.3 Å². The molecule has 0 aliphatic carbocycles. The van der Waals surface area contributed by atoms with Gasteiger partial charge in [-0.2, -0.15) is 0 Å². The lowest BCUT2D eigenvalue weighted by Crippen LogP contribution is -1.98. The van der Waals surface area contributed by atoms with Crippen LogP contribution in [0.5, 0.6) is 5.75 Å². The van der Waals surface area contributed by atoms with E-state index in [1.807, 2.05) is 30.3 Å². The lowest BCUT2D eigenvalue weighted by Gasteiger charge is -2.12. The van der Waals surface area contributed by atoms with E-state index in [4.69, 9.17) is 10.5 Å². The quantitative estimate of drug-likeness (QED) is 0.580. The van der Waals surface area contributed by atoms with Gasteiger partial charge in [0.05, 0.1) is 8.95 Å². The van der Waals surface area contributed by atoms with Gasteiger partial charge in [0.15, 0.2) is 0 Å². The lowest BCUT2D eigenvalue weighted by atomic mass is 10.1. The van der Waals surface area contributed by atoms with Crippen LogP contribution in [-0.4, -0.2) is 0 Å². The van der Waals surface area contributed by atoms with Crippen molar-refractivity contribution < 1.29 is 4.74 Å². The van der Waals surface area contributed by atoms with Gasteiger partial charge in [0.25, 0.3) is 0 Å². The van der Waals surface area contributed by atoms with Gasteiger partial charge < -0.3 is 10.5 Å². The van der Waals surface area contributed by atoms with E-state index < -0.39 is 0 Å². The normalized spacial score (nSPS) is 10.8. The van der Waals surface area contributed by atoms with E-state index in [0.717, 1.165) is 20.3 Å². The number of ether oxygens (including phenoxy) is 1. The summed E-state index contributed by atoms with van der Waals surface area (Å²) in [6, 6.07) is 18.2. The third kappa shape index (κ3) is 3.06. The van der Waals surface area contributed by atoms with Crippen molar-refractivity contribution in [3.05, 3.63) is 69.1 Å². The van der Waals surface area contributed by atoms with Crippen LogP contribution in [0.2, 0.25) is 0 Å². The minimum absolute atomic E-state index is 0.502. The first-order valence-corrected chi connectivity index (χ1v) is 8.08. The van der Waals surface area contributed by atoms with Crippen LogP contribution in [0, 0.1) is 0 Å². The minimum Gasteiger partial charge on any atom is -0.487 e. The van der Waals surface area contributed by atoms with Crippen molar-refractivity contribution in [2.45, 2.75) is 6.61 Å². The molecule has 0 amide bonds. The second kappa shape index (κ2) is 6.08. The highest BCUT2D eigenvalue weighted by Crippen LogP contribution is 2.36. The maximum Gasteiger partial charge on any atom is 0.148 e. The summed E-state index contributed by atoms with van der Waals surface area (Å²) < 4.78 is 7.65. The molecular weight excluding hydrogens is 394 g/mol. The third-order valence-corrected chi connectivity index (χ3v) is 4.45. The Morgan fingerprint density at radius 2 is 1.57 bits per heavy atom. The van der Waals surface area contributed by atoms with E-state index >= 15 is 0 Å². The van der Waals surface area contributed by atoms with E-state index in [1.54, 1.807) is 0 Å². The Hall–Kier alpha value is -1.52. The molecule has 0 fully saturated rings. The summed E-state index contributed by atoms with van der Waals surface area (Å²) in [6.45, 7) is 0.502. The van der Waals surface area contributed by atoms with Gasteiger partial charge in [-0.15, -0.1) is 0 Å². The first kappa shape index (κ1) is 14.4. The number of anilines is 1. The van der Waals surface area contributed by atoms with Crippen LogP contribution in [0.3, 0.4) is 0 Å². The maximum atomic E-state index is 5.97. The van der Waals surface area contributed by atoms with Crippen molar-refractivity contribution in [1.29, 1.82) is 0 Å². The molecule has 0 aliphatic rings. The zero-order chi connectivity index (χ0) is 14.8. The van der Waals surface area contributed by atoms with Gasteiger partial charge in [0, 0.05) is 5.69 Å². The Bertz CT molecular complexity index is 773. The number of halogens is 2. The van der Waals surface area contributed by atoms with Crippen LogP contribution >= 0.6 is 31.9 Å². The highest BCUT2D eigenvalue weighted by Gasteiger charge is 2.09. The molecular formula is C17H13Br2NO. The zero-order valence-corrected chi connectivity index (χ0v) is 14.3. The average Bonchev–Trinajstić information content (AvgIpc) is 2.46. The molecule has 0 saturated heterocycles. The van der Waals surface area contributed by atoms with E-state index in [2.05, 4.69) is 56.1 Å². The van der Waals surface area contributed by atoms with Crippen molar-refractivity contribution in [2.75, 3.05) is 5.73 Å². The van der Waals surface area contributed by atoms with Crippen LogP contribution in [0.15, 0.2) is 63.5 Å². The molecule has 0 aliphatic heterocycles. The Morgan fingerprint density at radius 3 is 2.33 bits per heavy atom. The molecule has 0 bridgehead atoms. The molecule has 21 heavy (non-hydrogen) atoms. The number of benzene rings is 3. The predicted octanol–water partition coefficient (Wildman–Crippen LogP) is 5.53. The smallest absolute Gasteiger partial charge is 0.148 e. The topological polar surface area (TPSA) is 35.2 Å². The summed E-state index contributed by atoms with van der Waals surface area (Å²) in [6.07, 6.45) is 0. The Morgan fingerprint density at radius 1 is 0.905 bits per heavy atom. The highest BCUT2D eigenvalue weighted by molar-refractivity contribution is 9.11. The summed E-state index contributed by atoms with van der Waals surface area (Å²) in [5.41, 5.74) is 7.64. The summed E-state index contributed by atoms with van der Waals surface area (Å²) in [4.78, 5) is 0. The van der Waals surface area contributed by atoms with Gasteiger partial charge >= 0.3 is 0 Å². The number of nitrogen functional groups attached to an aromatic ring is 1. The molecule has 106 valence electrons. The minimum atomic E-state index is 0.502. The average molecular weight is 407 g/mol. The lowest BCUT2D eigenvalue weighted by molar-refractivity contribution is 0.304. The Balaban J connectivity index is 1.91. The molecule has 0 aromatic heterocycles.